The Balaban J connectivity index is 2.05. The van der Waals surface area contributed by atoms with Crippen molar-refractivity contribution in [3.05, 3.63) is 72.1 Å². The Morgan fingerprint density at radius 1 is 1.03 bits per heavy atom. The van der Waals surface area contributed by atoms with Gasteiger partial charge in [-0.3, -0.25) is 4.79 Å². The zero-order valence-electron chi connectivity index (χ0n) is 19.3. The van der Waals surface area contributed by atoms with Gasteiger partial charge in [0.05, 0.1) is 37.1 Å². The lowest BCUT2D eigenvalue weighted by Gasteiger charge is -2.14. The smallest absolute Gasteiger partial charge is 0.308 e. The van der Waals surface area contributed by atoms with E-state index < -0.39 is 18.2 Å². The summed E-state index contributed by atoms with van der Waals surface area (Å²) in [6, 6.07) is 11.9. The van der Waals surface area contributed by atoms with Crippen molar-refractivity contribution < 1.29 is 28.5 Å². The Bertz CT molecular complexity index is 1140. The maximum atomic E-state index is 13.6. The first kappa shape index (κ1) is 25.3. The van der Waals surface area contributed by atoms with Crippen molar-refractivity contribution in [1.29, 1.82) is 0 Å². The van der Waals surface area contributed by atoms with Gasteiger partial charge < -0.3 is 19.5 Å². The van der Waals surface area contributed by atoms with Crippen LogP contribution in [0.15, 0.2) is 54.6 Å². The number of aromatic nitrogens is 2. The molecule has 0 saturated carbocycles. The van der Waals surface area contributed by atoms with E-state index in [1.165, 1.54) is 37.5 Å². The molecule has 8 heteroatoms. The Morgan fingerprint density at radius 2 is 1.59 bits per heavy atom. The van der Waals surface area contributed by atoms with Gasteiger partial charge >= 0.3 is 5.97 Å². The summed E-state index contributed by atoms with van der Waals surface area (Å²) in [6.07, 6.45) is 0.745. The minimum atomic E-state index is -1.06. The van der Waals surface area contributed by atoms with E-state index in [9.17, 15) is 23.8 Å². The minimum absolute atomic E-state index is 0.0138. The van der Waals surface area contributed by atoms with Gasteiger partial charge in [-0.1, -0.05) is 13.8 Å². The molecule has 34 heavy (non-hydrogen) atoms. The number of hydrogen-bond donors (Lipinski definition) is 2. The average Bonchev–Trinajstić information content (AvgIpc) is 3.18. The number of carbonyl (C=O) groups is 1. The largest absolute Gasteiger partial charge is 0.469 e. The normalized spacial score (nSPS) is 13.4. The van der Waals surface area contributed by atoms with Gasteiger partial charge in [0.2, 0.25) is 0 Å². The summed E-state index contributed by atoms with van der Waals surface area (Å²) >= 11 is 0. The highest BCUT2D eigenvalue weighted by molar-refractivity contribution is 5.80. The van der Waals surface area contributed by atoms with Crippen LogP contribution < -0.4 is 0 Å². The highest BCUT2D eigenvalue weighted by atomic mass is 19.1. The van der Waals surface area contributed by atoms with E-state index in [0.717, 1.165) is 0 Å². The number of aliphatic hydroxyl groups excluding tert-OH is 2. The van der Waals surface area contributed by atoms with Crippen molar-refractivity contribution in [1.82, 2.24) is 9.55 Å². The molecule has 180 valence electrons. The van der Waals surface area contributed by atoms with E-state index in [0.29, 0.717) is 28.3 Å². The molecule has 2 atom stereocenters. The molecule has 0 amide bonds. The van der Waals surface area contributed by atoms with Crippen LogP contribution in [0.2, 0.25) is 0 Å². The first-order chi connectivity index (χ1) is 16.2. The quantitative estimate of drug-likeness (QED) is 0.441. The molecule has 6 nitrogen and oxygen atoms in total. The first-order valence-corrected chi connectivity index (χ1v) is 10.9. The lowest BCUT2D eigenvalue weighted by Crippen LogP contribution is -2.20. The number of carbonyl (C=O) groups excluding carboxylic acids is 1. The van der Waals surface area contributed by atoms with Crippen LogP contribution >= 0.6 is 0 Å². The van der Waals surface area contributed by atoms with E-state index in [4.69, 9.17) is 4.98 Å². The predicted octanol–water partition coefficient (Wildman–Crippen LogP) is 4.76. The number of benzene rings is 2. The van der Waals surface area contributed by atoms with Crippen molar-refractivity contribution in [2.45, 2.75) is 44.8 Å². The van der Waals surface area contributed by atoms with Gasteiger partial charge in [-0.2, -0.15) is 0 Å². The molecule has 2 N–H and O–H groups in total. The maximum absolute atomic E-state index is 13.6. The SMILES string of the molecule is COC(=O)C[C@H](O)C[C@H](O)/C=C/n1c(C(C)C)nc(-c2ccc(F)cc2)c1-c1ccc(F)cc1. The number of methoxy groups -OCH3 is 1. The number of ether oxygens (including phenoxy) is 1. The fourth-order valence-corrected chi connectivity index (χ4v) is 3.60. The van der Waals surface area contributed by atoms with Gasteiger partial charge in [0, 0.05) is 29.7 Å². The van der Waals surface area contributed by atoms with Crippen molar-refractivity contribution >= 4 is 12.2 Å². The van der Waals surface area contributed by atoms with Crippen LogP contribution in [0.25, 0.3) is 28.7 Å². The highest BCUT2D eigenvalue weighted by Gasteiger charge is 2.21. The summed E-state index contributed by atoms with van der Waals surface area (Å²) in [4.78, 5) is 16.1. The number of nitrogens with zero attached hydrogens (tertiary/aromatic N) is 2. The van der Waals surface area contributed by atoms with Crippen LogP contribution in [-0.4, -0.2) is 45.1 Å². The first-order valence-electron chi connectivity index (χ1n) is 10.9. The second-order valence-corrected chi connectivity index (χ2v) is 8.28. The van der Waals surface area contributed by atoms with E-state index in [1.54, 1.807) is 35.0 Å². The number of imidazole rings is 1. The molecule has 0 fully saturated rings. The third kappa shape index (κ3) is 6.15. The molecule has 0 saturated heterocycles. The van der Waals surface area contributed by atoms with Gasteiger partial charge in [0.1, 0.15) is 17.5 Å². The molecule has 3 aromatic rings. The fourth-order valence-electron chi connectivity index (χ4n) is 3.60. The van der Waals surface area contributed by atoms with E-state index >= 15 is 0 Å². The zero-order chi connectivity index (χ0) is 24.8. The molecular weight excluding hydrogens is 442 g/mol. The van der Waals surface area contributed by atoms with E-state index in [-0.39, 0.29) is 30.4 Å². The van der Waals surface area contributed by atoms with E-state index in [2.05, 4.69) is 4.74 Å². The van der Waals surface area contributed by atoms with Gasteiger partial charge in [0.25, 0.3) is 0 Å². The standard InChI is InChI=1S/C26H28F2N2O4/c1-16(2)26-29-24(17-4-8-19(27)9-5-17)25(18-6-10-20(28)11-7-18)30(26)13-12-21(31)14-22(32)15-23(33)34-3/h4-13,16,21-22,31-32H,14-15H2,1-3H3/b13-12+/t21-,22-/m1/s1. The molecule has 0 radical (unpaired) electrons. The monoisotopic (exact) mass is 470 g/mol. The summed E-state index contributed by atoms with van der Waals surface area (Å²) in [5.74, 6) is -0.655. The Morgan fingerprint density at radius 3 is 2.12 bits per heavy atom. The zero-order valence-corrected chi connectivity index (χ0v) is 19.3. The molecule has 1 heterocycles. The van der Waals surface area contributed by atoms with Crippen molar-refractivity contribution in [3.63, 3.8) is 0 Å². The maximum Gasteiger partial charge on any atom is 0.308 e. The molecule has 0 unspecified atom stereocenters. The third-order valence-electron chi connectivity index (χ3n) is 5.29. The summed E-state index contributed by atoms with van der Waals surface area (Å²) in [5, 5.41) is 20.4. The van der Waals surface area contributed by atoms with Gasteiger partial charge in [-0.15, -0.1) is 0 Å². The Kier molecular flexibility index (Phi) is 8.31. The molecule has 1 aromatic heterocycles. The van der Waals surface area contributed by atoms with Gasteiger partial charge in [-0.25, -0.2) is 13.8 Å². The van der Waals surface area contributed by atoms with Crippen molar-refractivity contribution in [2.24, 2.45) is 0 Å². The van der Waals surface area contributed by atoms with Gasteiger partial charge in [0.15, 0.2) is 0 Å². The molecule has 0 aliphatic rings. The summed E-state index contributed by atoms with van der Waals surface area (Å²) in [6.45, 7) is 3.93. The second kappa shape index (κ2) is 11.2. The molecule has 0 spiro atoms. The second-order valence-electron chi connectivity index (χ2n) is 8.28. The van der Waals surface area contributed by atoms with E-state index in [1.807, 2.05) is 13.8 Å². The third-order valence-corrected chi connectivity index (χ3v) is 5.29. The van der Waals surface area contributed by atoms with Crippen LogP contribution in [0.4, 0.5) is 8.78 Å². The number of aliphatic hydroxyl groups is 2. The summed E-state index contributed by atoms with van der Waals surface area (Å²) < 4.78 is 33.5. The van der Waals surface area contributed by atoms with Crippen LogP contribution in [-0.2, 0) is 9.53 Å². The molecule has 0 bridgehead atoms. The Labute approximate surface area is 197 Å². The number of hydrogen-bond acceptors (Lipinski definition) is 5. The molecular formula is C26H28F2N2O4. The summed E-state index contributed by atoms with van der Waals surface area (Å²) in [7, 11) is 1.23. The van der Waals surface area contributed by atoms with Crippen molar-refractivity contribution in [2.75, 3.05) is 7.11 Å². The minimum Gasteiger partial charge on any atom is -0.469 e. The molecule has 2 aromatic carbocycles. The number of halogens is 2. The lowest BCUT2D eigenvalue weighted by molar-refractivity contribution is -0.143. The highest BCUT2D eigenvalue weighted by Crippen LogP contribution is 2.35. The average molecular weight is 471 g/mol. The molecule has 3 rings (SSSR count). The fraction of sp³-hybridized carbons (Fsp3) is 0.308. The van der Waals surface area contributed by atoms with Crippen molar-refractivity contribution in [3.8, 4) is 22.5 Å². The topological polar surface area (TPSA) is 84.6 Å². The summed E-state index contributed by atoms with van der Waals surface area (Å²) in [5.41, 5.74) is 2.60. The molecule has 0 aliphatic heterocycles. The number of rotatable bonds is 9. The lowest BCUT2D eigenvalue weighted by atomic mass is 10.0. The van der Waals surface area contributed by atoms with Crippen LogP contribution in [0, 0.1) is 11.6 Å². The molecule has 0 aliphatic carbocycles. The van der Waals surface area contributed by atoms with Gasteiger partial charge in [-0.05, 0) is 54.6 Å². The predicted molar refractivity (Wildman–Crippen MR) is 126 cm³/mol. The van der Waals surface area contributed by atoms with Crippen LogP contribution in [0.5, 0.6) is 0 Å². The van der Waals surface area contributed by atoms with Crippen LogP contribution in [0.1, 0.15) is 38.4 Å². The Hall–Kier alpha value is -3.36. The van der Waals surface area contributed by atoms with Crippen LogP contribution in [0.3, 0.4) is 0 Å². The number of esters is 1.